The first-order valence-corrected chi connectivity index (χ1v) is 8.96. The second-order valence-electron chi connectivity index (χ2n) is 5.65. The summed E-state index contributed by atoms with van der Waals surface area (Å²) in [5.41, 5.74) is 2.21. The van der Waals surface area contributed by atoms with Gasteiger partial charge in [-0.2, -0.15) is 0 Å². The lowest BCUT2D eigenvalue weighted by Gasteiger charge is -2.08. The maximum atomic E-state index is 13.1. The number of hydrogen-bond donors (Lipinski definition) is 0. The van der Waals surface area contributed by atoms with Crippen LogP contribution < -0.4 is 0 Å². The normalized spacial score (nSPS) is 11.0. The molecule has 0 amide bonds. The van der Waals surface area contributed by atoms with Crippen LogP contribution in [0.5, 0.6) is 0 Å². The number of aromatic nitrogens is 2. The van der Waals surface area contributed by atoms with Gasteiger partial charge < -0.3 is 9.30 Å². The van der Waals surface area contributed by atoms with Crippen LogP contribution in [0.2, 0.25) is 0 Å². The van der Waals surface area contributed by atoms with Gasteiger partial charge in [0.05, 0.1) is 23.7 Å². The first-order valence-electron chi connectivity index (χ1n) is 8.14. The van der Waals surface area contributed by atoms with Gasteiger partial charge in [-0.1, -0.05) is 25.1 Å². The fraction of sp³-hybridized carbons (Fsp3) is 0.263. The molecule has 25 heavy (non-hydrogen) atoms. The average molecular weight is 358 g/mol. The van der Waals surface area contributed by atoms with Crippen molar-refractivity contribution in [2.75, 3.05) is 7.11 Å². The predicted molar refractivity (Wildman–Crippen MR) is 96.5 cm³/mol. The molecule has 130 valence electrons. The maximum absolute atomic E-state index is 13.1. The Morgan fingerprint density at radius 1 is 1.24 bits per heavy atom. The zero-order chi connectivity index (χ0) is 17.8. The zero-order valence-electron chi connectivity index (χ0n) is 14.2. The zero-order valence-corrected chi connectivity index (χ0v) is 15.0. The SMILES string of the molecule is CCCCn1c(Sc2ccc(F)cc2)nc2cc(C(=O)OC)ccc21. The number of unbranched alkanes of at least 4 members (excludes halogenated alkanes) is 1. The topological polar surface area (TPSA) is 44.1 Å². The second kappa shape index (κ2) is 7.70. The molecule has 0 saturated carbocycles. The van der Waals surface area contributed by atoms with Gasteiger partial charge in [-0.05, 0) is 48.9 Å². The largest absolute Gasteiger partial charge is 0.465 e. The molecule has 0 bridgehead atoms. The maximum Gasteiger partial charge on any atom is 0.337 e. The average Bonchev–Trinajstić information content (AvgIpc) is 2.97. The number of rotatable bonds is 6. The number of carbonyl (C=O) groups is 1. The van der Waals surface area contributed by atoms with Gasteiger partial charge in [0.15, 0.2) is 5.16 Å². The lowest BCUT2D eigenvalue weighted by Crippen LogP contribution is -2.01. The lowest BCUT2D eigenvalue weighted by molar-refractivity contribution is 0.0601. The van der Waals surface area contributed by atoms with E-state index in [0.29, 0.717) is 5.56 Å². The van der Waals surface area contributed by atoms with E-state index in [9.17, 15) is 9.18 Å². The first-order chi connectivity index (χ1) is 12.1. The molecule has 4 nitrogen and oxygen atoms in total. The summed E-state index contributed by atoms with van der Waals surface area (Å²) in [5.74, 6) is -0.635. The summed E-state index contributed by atoms with van der Waals surface area (Å²) in [4.78, 5) is 17.4. The standard InChI is InChI=1S/C19H19FN2O2S/c1-3-4-11-22-17-10-5-13(18(23)24-2)12-16(17)21-19(22)25-15-8-6-14(20)7-9-15/h5-10,12H,3-4,11H2,1-2H3. The van der Waals surface area contributed by atoms with E-state index in [4.69, 9.17) is 4.74 Å². The summed E-state index contributed by atoms with van der Waals surface area (Å²) >= 11 is 1.49. The third-order valence-electron chi connectivity index (χ3n) is 3.89. The van der Waals surface area contributed by atoms with Crippen molar-refractivity contribution in [1.29, 1.82) is 0 Å². The van der Waals surface area contributed by atoms with Gasteiger partial charge >= 0.3 is 5.97 Å². The Morgan fingerprint density at radius 2 is 2.00 bits per heavy atom. The number of benzene rings is 2. The molecule has 6 heteroatoms. The highest BCUT2D eigenvalue weighted by Crippen LogP contribution is 2.31. The Bertz CT molecular complexity index is 890. The Kier molecular flexibility index (Phi) is 5.38. The Labute approximate surface area is 150 Å². The van der Waals surface area contributed by atoms with E-state index in [1.54, 1.807) is 24.3 Å². The molecule has 0 unspecified atom stereocenters. The highest BCUT2D eigenvalue weighted by atomic mass is 32.2. The molecule has 0 aliphatic carbocycles. The molecule has 0 atom stereocenters. The molecule has 0 aliphatic rings. The number of aryl methyl sites for hydroxylation is 1. The number of halogens is 1. The minimum atomic E-state index is -0.377. The van der Waals surface area contributed by atoms with Gasteiger partial charge in [-0.3, -0.25) is 0 Å². The number of hydrogen-bond acceptors (Lipinski definition) is 4. The fourth-order valence-corrected chi connectivity index (χ4v) is 3.50. The molecular weight excluding hydrogens is 339 g/mol. The first kappa shape index (κ1) is 17.5. The van der Waals surface area contributed by atoms with Crippen LogP contribution in [0, 0.1) is 5.82 Å². The van der Waals surface area contributed by atoms with Crippen LogP contribution in [0.3, 0.4) is 0 Å². The van der Waals surface area contributed by atoms with Gasteiger partial charge in [0.2, 0.25) is 0 Å². The minimum absolute atomic E-state index is 0.258. The fourth-order valence-electron chi connectivity index (χ4n) is 2.57. The molecule has 1 aromatic heterocycles. The molecule has 0 spiro atoms. The van der Waals surface area contributed by atoms with Crippen molar-refractivity contribution in [1.82, 2.24) is 9.55 Å². The number of fused-ring (bicyclic) bond motifs is 1. The Morgan fingerprint density at radius 3 is 2.68 bits per heavy atom. The highest BCUT2D eigenvalue weighted by Gasteiger charge is 2.14. The van der Waals surface area contributed by atoms with Crippen LogP contribution in [-0.2, 0) is 11.3 Å². The summed E-state index contributed by atoms with van der Waals surface area (Å²) in [7, 11) is 1.36. The monoisotopic (exact) mass is 358 g/mol. The minimum Gasteiger partial charge on any atom is -0.465 e. The van der Waals surface area contributed by atoms with E-state index in [1.165, 1.54) is 31.0 Å². The summed E-state index contributed by atoms with van der Waals surface area (Å²) in [6.45, 7) is 2.98. The number of nitrogens with zero attached hydrogens (tertiary/aromatic N) is 2. The van der Waals surface area contributed by atoms with Crippen LogP contribution in [0.25, 0.3) is 11.0 Å². The molecule has 0 fully saturated rings. The van der Waals surface area contributed by atoms with Crippen molar-refractivity contribution in [2.45, 2.75) is 36.4 Å². The third kappa shape index (κ3) is 3.85. The molecule has 3 aromatic rings. The van der Waals surface area contributed by atoms with E-state index in [0.717, 1.165) is 40.5 Å². The second-order valence-corrected chi connectivity index (χ2v) is 6.69. The number of imidazole rings is 1. The molecule has 0 saturated heterocycles. The smallest absolute Gasteiger partial charge is 0.337 e. The van der Waals surface area contributed by atoms with Crippen molar-refractivity contribution in [3.63, 3.8) is 0 Å². The van der Waals surface area contributed by atoms with Gasteiger partial charge in [0.25, 0.3) is 0 Å². The lowest BCUT2D eigenvalue weighted by atomic mass is 10.2. The number of ether oxygens (including phenoxy) is 1. The van der Waals surface area contributed by atoms with E-state index in [-0.39, 0.29) is 11.8 Å². The van der Waals surface area contributed by atoms with Crippen molar-refractivity contribution < 1.29 is 13.9 Å². The van der Waals surface area contributed by atoms with E-state index < -0.39 is 0 Å². The summed E-state index contributed by atoms with van der Waals surface area (Å²) < 4.78 is 20.0. The van der Waals surface area contributed by atoms with E-state index in [1.807, 2.05) is 6.07 Å². The van der Waals surface area contributed by atoms with Gasteiger partial charge in [-0.15, -0.1) is 0 Å². The van der Waals surface area contributed by atoms with Crippen LogP contribution in [-0.4, -0.2) is 22.6 Å². The summed E-state index contributed by atoms with van der Waals surface area (Å²) in [6, 6.07) is 11.8. The highest BCUT2D eigenvalue weighted by molar-refractivity contribution is 7.99. The number of esters is 1. The third-order valence-corrected chi connectivity index (χ3v) is 4.89. The number of methoxy groups -OCH3 is 1. The Balaban J connectivity index is 2.02. The van der Waals surface area contributed by atoms with Crippen molar-refractivity contribution in [3.8, 4) is 0 Å². The molecule has 3 rings (SSSR count). The van der Waals surface area contributed by atoms with E-state index in [2.05, 4.69) is 16.5 Å². The van der Waals surface area contributed by atoms with Crippen molar-refractivity contribution >= 4 is 28.8 Å². The van der Waals surface area contributed by atoms with Crippen LogP contribution in [0.15, 0.2) is 52.5 Å². The van der Waals surface area contributed by atoms with Crippen molar-refractivity contribution in [2.24, 2.45) is 0 Å². The number of carbonyl (C=O) groups excluding carboxylic acids is 1. The molecular formula is C19H19FN2O2S. The van der Waals surface area contributed by atoms with Gasteiger partial charge in [-0.25, -0.2) is 14.2 Å². The van der Waals surface area contributed by atoms with Crippen LogP contribution in [0.1, 0.15) is 30.1 Å². The van der Waals surface area contributed by atoms with E-state index >= 15 is 0 Å². The molecule has 0 aliphatic heterocycles. The van der Waals surface area contributed by atoms with Crippen LogP contribution in [0.4, 0.5) is 4.39 Å². The van der Waals surface area contributed by atoms with Crippen LogP contribution >= 0.6 is 11.8 Å². The quantitative estimate of drug-likeness (QED) is 0.587. The Hall–Kier alpha value is -2.34. The summed E-state index contributed by atoms with van der Waals surface area (Å²) in [6.07, 6.45) is 2.10. The van der Waals surface area contributed by atoms with Gasteiger partial charge in [0.1, 0.15) is 5.82 Å². The molecule has 0 N–H and O–H groups in total. The van der Waals surface area contributed by atoms with Crippen molar-refractivity contribution in [3.05, 3.63) is 53.8 Å². The molecule has 2 aromatic carbocycles. The summed E-state index contributed by atoms with van der Waals surface area (Å²) in [5, 5.41) is 0.831. The van der Waals surface area contributed by atoms with Gasteiger partial charge in [0, 0.05) is 11.4 Å². The molecule has 1 heterocycles. The molecule has 0 radical (unpaired) electrons. The predicted octanol–water partition coefficient (Wildman–Crippen LogP) is 4.91.